The molecule has 118 valence electrons. The van der Waals surface area contributed by atoms with Gasteiger partial charge in [0.05, 0.1) is 22.0 Å². The number of rotatable bonds is 4. The highest BCUT2D eigenvalue weighted by molar-refractivity contribution is 7.15. The zero-order chi connectivity index (χ0) is 16.4. The van der Waals surface area contributed by atoms with Gasteiger partial charge in [-0.25, -0.2) is 4.39 Å². The highest BCUT2D eigenvalue weighted by atomic mass is 35.5. The van der Waals surface area contributed by atoms with Gasteiger partial charge in [0.2, 0.25) is 11.7 Å². The van der Waals surface area contributed by atoms with E-state index >= 15 is 0 Å². The number of hydrogen-bond donors (Lipinski definition) is 1. The molecule has 3 aromatic rings. The molecule has 3 rings (SSSR count). The molecule has 1 amide bonds. The first-order valence-electron chi connectivity index (χ1n) is 6.65. The van der Waals surface area contributed by atoms with E-state index in [2.05, 4.69) is 15.5 Å². The van der Waals surface area contributed by atoms with Crippen molar-refractivity contribution in [2.75, 3.05) is 0 Å². The molecule has 0 spiro atoms. The van der Waals surface area contributed by atoms with Crippen LogP contribution >= 0.6 is 22.9 Å². The fourth-order valence-corrected chi connectivity index (χ4v) is 2.97. The lowest BCUT2D eigenvalue weighted by Gasteiger charge is -1.97. The van der Waals surface area contributed by atoms with Crippen molar-refractivity contribution in [1.29, 1.82) is 0 Å². The normalized spacial score (nSPS) is 10.7. The molecular formula is C15H11ClFN3O2S. The van der Waals surface area contributed by atoms with Crippen LogP contribution in [0.25, 0.3) is 22.2 Å². The lowest BCUT2D eigenvalue weighted by molar-refractivity contribution is -0.119. The van der Waals surface area contributed by atoms with Crippen molar-refractivity contribution < 1.29 is 13.7 Å². The second kappa shape index (κ2) is 6.47. The van der Waals surface area contributed by atoms with Crippen molar-refractivity contribution in [3.05, 3.63) is 46.0 Å². The maximum absolute atomic E-state index is 13.3. The lowest BCUT2D eigenvalue weighted by atomic mass is 10.2. The molecule has 0 aliphatic heterocycles. The molecular weight excluding hydrogens is 341 g/mol. The van der Waals surface area contributed by atoms with E-state index in [1.54, 1.807) is 0 Å². The number of nitrogens with one attached hydrogen (secondary N) is 1. The SMILES string of the molecule is CC(=O)NCc1ccc(-c2noc(-c3cc(F)ccc3Cl)n2)s1. The molecule has 0 aliphatic rings. The van der Waals surface area contributed by atoms with Crippen LogP contribution < -0.4 is 5.32 Å². The molecule has 1 aromatic carbocycles. The summed E-state index contributed by atoms with van der Waals surface area (Å²) in [5, 5.41) is 6.95. The lowest BCUT2D eigenvalue weighted by Crippen LogP contribution is -2.17. The fourth-order valence-electron chi connectivity index (χ4n) is 1.90. The molecule has 0 saturated carbocycles. The molecule has 2 aromatic heterocycles. The topological polar surface area (TPSA) is 68.0 Å². The summed E-state index contributed by atoms with van der Waals surface area (Å²) in [5.74, 6) is 0.0149. The first-order chi connectivity index (χ1) is 11.0. The summed E-state index contributed by atoms with van der Waals surface area (Å²) >= 11 is 7.47. The van der Waals surface area contributed by atoms with Gasteiger partial charge in [0, 0.05) is 11.8 Å². The Morgan fingerprint density at radius 2 is 2.22 bits per heavy atom. The van der Waals surface area contributed by atoms with E-state index in [9.17, 15) is 9.18 Å². The van der Waals surface area contributed by atoms with E-state index in [4.69, 9.17) is 16.1 Å². The van der Waals surface area contributed by atoms with E-state index in [0.29, 0.717) is 23.0 Å². The number of thiophene rings is 1. The molecule has 8 heteroatoms. The maximum Gasteiger partial charge on any atom is 0.259 e. The average Bonchev–Trinajstić information content (AvgIpc) is 3.16. The summed E-state index contributed by atoms with van der Waals surface area (Å²) in [6, 6.07) is 7.66. The van der Waals surface area contributed by atoms with Crippen LogP contribution in [-0.4, -0.2) is 16.0 Å². The van der Waals surface area contributed by atoms with Crippen LogP contribution in [0, 0.1) is 5.82 Å². The van der Waals surface area contributed by atoms with E-state index in [1.165, 1.54) is 36.5 Å². The van der Waals surface area contributed by atoms with Crippen molar-refractivity contribution in [2.24, 2.45) is 0 Å². The van der Waals surface area contributed by atoms with E-state index < -0.39 is 5.82 Å². The van der Waals surface area contributed by atoms with Gasteiger partial charge in [0.1, 0.15) is 5.82 Å². The van der Waals surface area contributed by atoms with Crippen LogP contribution in [0.2, 0.25) is 5.02 Å². The van der Waals surface area contributed by atoms with Crippen molar-refractivity contribution in [3.63, 3.8) is 0 Å². The predicted octanol–water partition coefficient (Wildman–Crippen LogP) is 3.89. The van der Waals surface area contributed by atoms with Gasteiger partial charge in [-0.3, -0.25) is 4.79 Å². The summed E-state index contributed by atoms with van der Waals surface area (Å²) in [6.45, 7) is 1.91. The van der Waals surface area contributed by atoms with Crippen LogP contribution in [0.5, 0.6) is 0 Å². The van der Waals surface area contributed by atoms with Crippen LogP contribution in [0.3, 0.4) is 0 Å². The second-order valence-electron chi connectivity index (χ2n) is 4.72. The van der Waals surface area contributed by atoms with Crippen LogP contribution in [0.15, 0.2) is 34.9 Å². The Balaban J connectivity index is 1.84. The number of amides is 1. The summed E-state index contributed by atoms with van der Waals surface area (Å²) in [6.07, 6.45) is 0. The van der Waals surface area contributed by atoms with Crippen LogP contribution in [0.4, 0.5) is 4.39 Å². The van der Waals surface area contributed by atoms with Crippen molar-refractivity contribution in [1.82, 2.24) is 15.5 Å². The quantitative estimate of drug-likeness (QED) is 0.774. The Kier molecular flexibility index (Phi) is 4.40. The molecule has 0 bridgehead atoms. The smallest absolute Gasteiger partial charge is 0.259 e. The second-order valence-corrected chi connectivity index (χ2v) is 6.30. The Morgan fingerprint density at radius 3 is 3.00 bits per heavy atom. The Hall–Kier alpha value is -2.25. The number of hydrogen-bond acceptors (Lipinski definition) is 5. The first kappa shape index (κ1) is 15.6. The third-order valence-electron chi connectivity index (χ3n) is 2.98. The summed E-state index contributed by atoms with van der Waals surface area (Å²) in [4.78, 5) is 16.9. The molecule has 1 N–H and O–H groups in total. The number of carbonyl (C=O) groups is 1. The molecule has 0 radical (unpaired) electrons. The van der Waals surface area contributed by atoms with Gasteiger partial charge < -0.3 is 9.84 Å². The third-order valence-corrected chi connectivity index (χ3v) is 4.39. The zero-order valence-electron chi connectivity index (χ0n) is 12.0. The first-order valence-corrected chi connectivity index (χ1v) is 7.85. The highest BCUT2D eigenvalue weighted by Crippen LogP contribution is 2.31. The minimum Gasteiger partial charge on any atom is -0.351 e. The number of carbonyl (C=O) groups excluding carboxylic acids is 1. The maximum atomic E-state index is 13.3. The van der Waals surface area contributed by atoms with E-state index in [1.807, 2.05) is 12.1 Å². The molecule has 0 atom stereocenters. The van der Waals surface area contributed by atoms with Gasteiger partial charge >= 0.3 is 0 Å². The van der Waals surface area contributed by atoms with E-state index in [-0.39, 0.29) is 11.8 Å². The monoisotopic (exact) mass is 351 g/mol. The zero-order valence-corrected chi connectivity index (χ0v) is 13.5. The van der Waals surface area contributed by atoms with Gasteiger partial charge in [-0.15, -0.1) is 11.3 Å². The Labute approximate surface area is 140 Å². The molecule has 5 nitrogen and oxygen atoms in total. The van der Waals surface area contributed by atoms with Gasteiger partial charge in [-0.1, -0.05) is 16.8 Å². The molecule has 0 fully saturated rings. The van der Waals surface area contributed by atoms with Crippen LogP contribution in [0.1, 0.15) is 11.8 Å². The molecule has 2 heterocycles. The van der Waals surface area contributed by atoms with Crippen LogP contribution in [-0.2, 0) is 11.3 Å². The Bertz CT molecular complexity index is 862. The molecule has 0 unspecified atom stereocenters. The molecule has 0 saturated heterocycles. The van der Waals surface area contributed by atoms with Gasteiger partial charge in [0.25, 0.3) is 5.89 Å². The number of halogens is 2. The molecule has 23 heavy (non-hydrogen) atoms. The van der Waals surface area contributed by atoms with Crippen molar-refractivity contribution in [2.45, 2.75) is 13.5 Å². The third kappa shape index (κ3) is 3.57. The number of aromatic nitrogens is 2. The van der Waals surface area contributed by atoms with Gasteiger partial charge in [-0.2, -0.15) is 4.98 Å². The largest absolute Gasteiger partial charge is 0.351 e. The summed E-state index contributed by atoms with van der Waals surface area (Å²) < 4.78 is 18.5. The van der Waals surface area contributed by atoms with Crippen molar-refractivity contribution in [3.8, 4) is 22.2 Å². The number of benzene rings is 1. The van der Waals surface area contributed by atoms with Gasteiger partial charge in [0.15, 0.2) is 0 Å². The Morgan fingerprint density at radius 1 is 1.39 bits per heavy atom. The standard InChI is InChI=1S/C15H11ClFN3O2S/c1-8(21)18-7-10-3-5-13(23-10)14-19-15(22-20-14)11-6-9(17)2-4-12(11)16/h2-6H,7H2,1H3,(H,18,21). The number of nitrogens with zero attached hydrogens (tertiary/aromatic N) is 2. The molecule has 0 aliphatic carbocycles. The fraction of sp³-hybridized carbons (Fsp3) is 0.133. The average molecular weight is 352 g/mol. The predicted molar refractivity (Wildman–Crippen MR) is 85.5 cm³/mol. The minimum atomic E-state index is -0.433. The van der Waals surface area contributed by atoms with Crippen molar-refractivity contribution >= 4 is 28.8 Å². The highest BCUT2D eigenvalue weighted by Gasteiger charge is 2.15. The van der Waals surface area contributed by atoms with Gasteiger partial charge in [-0.05, 0) is 30.3 Å². The summed E-state index contributed by atoms with van der Waals surface area (Å²) in [7, 11) is 0. The minimum absolute atomic E-state index is 0.0949. The van der Waals surface area contributed by atoms with E-state index in [0.717, 1.165) is 9.75 Å². The summed E-state index contributed by atoms with van der Waals surface area (Å²) in [5.41, 5.74) is 0.348.